The summed E-state index contributed by atoms with van der Waals surface area (Å²) in [6.07, 6.45) is 0. The van der Waals surface area contributed by atoms with Crippen LogP contribution in [0.15, 0.2) is 158 Å². The molecule has 2 aromatic heterocycles. The van der Waals surface area contributed by atoms with Gasteiger partial charge < -0.3 is 37.6 Å². The van der Waals surface area contributed by atoms with E-state index in [0.29, 0.717) is 0 Å². The topological polar surface area (TPSA) is 65.2 Å². The molecule has 64 heavy (non-hydrogen) atoms. The minimum atomic E-state index is -0.0616. The lowest BCUT2D eigenvalue weighted by atomic mass is 9.34. The highest BCUT2D eigenvalue weighted by Crippen LogP contribution is 2.47. The Balaban J connectivity index is 0.918. The van der Waals surface area contributed by atoms with Gasteiger partial charge in [0.1, 0.15) is 69.0 Å². The number of hydrogen-bond acceptors (Lipinski definition) is 6. The SMILES string of the molecule is c1cc2c3c(c1)Oc1cc(-n4c5ccccc5c5cc6c7ccccc7n(-c7cc8c9c(c7)Oc7cccc%10c7B9c7c(cccc7O8)O%10)c6cc54)cc4c1B3c1c(cccc1O4)O2. The molecule has 0 radical (unpaired) electrons. The Morgan fingerprint density at radius 3 is 0.891 bits per heavy atom. The second-order valence-corrected chi connectivity index (χ2v) is 17.5. The van der Waals surface area contributed by atoms with Crippen molar-refractivity contribution < 1.29 is 28.4 Å². The molecular weight excluding hydrogens is 794 g/mol. The quantitative estimate of drug-likeness (QED) is 0.162. The molecule has 17 rings (SSSR count). The summed E-state index contributed by atoms with van der Waals surface area (Å²) in [4.78, 5) is 0. The fourth-order valence-corrected chi connectivity index (χ4v) is 11.8. The minimum Gasteiger partial charge on any atom is -0.458 e. The van der Waals surface area contributed by atoms with Gasteiger partial charge in [-0.15, -0.1) is 0 Å². The number of para-hydroxylation sites is 2. The van der Waals surface area contributed by atoms with E-state index in [1.807, 2.05) is 72.8 Å². The fourth-order valence-electron chi connectivity index (χ4n) is 11.8. The Kier molecular flexibility index (Phi) is 5.51. The summed E-state index contributed by atoms with van der Waals surface area (Å²) >= 11 is 0. The summed E-state index contributed by atoms with van der Waals surface area (Å²) in [5, 5.41) is 4.62. The van der Waals surface area contributed by atoms with Crippen LogP contribution in [0.2, 0.25) is 0 Å². The van der Waals surface area contributed by atoms with E-state index in [2.05, 4.69) is 94.1 Å². The van der Waals surface area contributed by atoms with Crippen molar-refractivity contribution in [3.05, 3.63) is 158 Å². The van der Waals surface area contributed by atoms with E-state index in [4.69, 9.17) is 28.4 Å². The van der Waals surface area contributed by atoms with Crippen LogP contribution < -0.4 is 61.2 Å². The molecule has 11 aromatic rings. The van der Waals surface area contributed by atoms with Gasteiger partial charge in [0.25, 0.3) is 13.4 Å². The van der Waals surface area contributed by atoms with Gasteiger partial charge in [-0.3, -0.25) is 0 Å². The molecule has 9 aromatic carbocycles. The molecule has 0 aliphatic carbocycles. The Labute approximate surface area is 364 Å². The van der Waals surface area contributed by atoms with E-state index in [0.717, 1.165) is 157 Å². The van der Waals surface area contributed by atoms with Crippen molar-refractivity contribution in [2.45, 2.75) is 0 Å². The molecule has 0 saturated heterocycles. The predicted molar refractivity (Wildman–Crippen MR) is 251 cm³/mol. The van der Waals surface area contributed by atoms with Gasteiger partial charge in [-0.05, 0) is 72.8 Å². The maximum atomic E-state index is 6.82. The van der Waals surface area contributed by atoms with Gasteiger partial charge in [0.05, 0.1) is 33.4 Å². The van der Waals surface area contributed by atoms with Crippen molar-refractivity contribution in [3.8, 4) is 80.4 Å². The zero-order valence-electron chi connectivity index (χ0n) is 33.5. The van der Waals surface area contributed by atoms with Crippen LogP contribution >= 0.6 is 0 Å². The second kappa shape index (κ2) is 10.9. The van der Waals surface area contributed by atoms with E-state index in [-0.39, 0.29) is 13.4 Å². The van der Waals surface area contributed by atoms with Gasteiger partial charge in [0, 0.05) is 78.6 Å². The molecule has 0 amide bonds. The van der Waals surface area contributed by atoms with Crippen molar-refractivity contribution in [3.63, 3.8) is 0 Å². The molecular formula is C54H26B2N2O6. The summed E-state index contributed by atoms with van der Waals surface area (Å²) in [6.45, 7) is -0.123. The molecule has 0 atom stereocenters. The monoisotopic (exact) mass is 820 g/mol. The third kappa shape index (κ3) is 3.78. The van der Waals surface area contributed by atoms with Crippen LogP contribution in [-0.4, -0.2) is 22.6 Å². The van der Waals surface area contributed by atoms with Gasteiger partial charge in [-0.2, -0.15) is 0 Å². The highest BCUT2D eigenvalue weighted by molar-refractivity contribution is 7.00. The molecule has 10 heteroatoms. The van der Waals surface area contributed by atoms with Gasteiger partial charge in [0.15, 0.2) is 0 Å². The number of rotatable bonds is 2. The maximum absolute atomic E-state index is 6.82. The van der Waals surface area contributed by atoms with Crippen LogP contribution in [0.4, 0.5) is 0 Å². The van der Waals surface area contributed by atoms with E-state index < -0.39 is 0 Å². The molecule has 0 N–H and O–H groups in total. The van der Waals surface area contributed by atoms with Gasteiger partial charge in [-0.1, -0.05) is 60.7 Å². The first-order chi connectivity index (χ1) is 31.7. The Bertz CT molecular complexity index is 3660. The van der Waals surface area contributed by atoms with Crippen molar-refractivity contribution in [2.75, 3.05) is 0 Å². The van der Waals surface area contributed by atoms with Gasteiger partial charge >= 0.3 is 0 Å². The van der Waals surface area contributed by atoms with Crippen LogP contribution in [-0.2, 0) is 0 Å². The summed E-state index contributed by atoms with van der Waals surface area (Å²) in [6, 6.07) is 55.0. The molecule has 0 fully saturated rings. The number of aromatic nitrogens is 2. The number of fused-ring (bicyclic) bond motifs is 6. The molecule has 0 bridgehead atoms. The van der Waals surface area contributed by atoms with Crippen LogP contribution in [0.1, 0.15) is 0 Å². The zero-order valence-corrected chi connectivity index (χ0v) is 33.5. The first kappa shape index (κ1) is 32.3. The lowest BCUT2D eigenvalue weighted by molar-refractivity contribution is 0.442. The summed E-state index contributed by atoms with van der Waals surface area (Å²) in [5.41, 5.74) is 12.4. The highest BCUT2D eigenvalue weighted by atomic mass is 16.5. The van der Waals surface area contributed by atoms with Crippen LogP contribution in [0.25, 0.3) is 55.0 Å². The van der Waals surface area contributed by atoms with Crippen molar-refractivity contribution in [1.29, 1.82) is 0 Å². The lowest BCUT2D eigenvalue weighted by Gasteiger charge is -2.37. The molecule has 8 heterocycles. The summed E-state index contributed by atoms with van der Waals surface area (Å²) in [7, 11) is 0. The van der Waals surface area contributed by atoms with Crippen LogP contribution in [0.3, 0.4) is 0 Å². The van der Waals surface area contributed by atoms with E-state index in [9.17, 15) is 0 Å². The third-order valence-electron chi connectivity index (χ3n) is 14.3. The van der Waals surface area contributed by atoms with Gasteiger partial charge in [0.2, 0.25) is 0 Å². The molecule has 8 nitrogen and oxygen atoms in total. The zero-order chi connectivity index (χ0) is 41.1. The van der Waals surface area contributed by atoms with Crippen molar-refractivity contribution in [1.82, 2.24) is 9.13 Å². The Morgan fingerprint density at radius 1 is 0.250 bits per heavy atom. The van der Waals surface area contributed by atoms with E-state index in [1.54, 1.807) is 0 Å². The average Bonchev–Trinajstić information content (AvgIpc) is 3.82. The van der Waals surface area contributed by atoms with E-state index in [1.165, 1.54) is 0 Å². The molecule has 6 aliphatic rings. The Hall–Kier alpha value is -8.49. The standard InChI is InChI=1S/C54H26B2N2O6/c1-3-11-33-29(9-1)31-25-32-30-10-2-4-12-34(30)58(28-23-47-54-48(24-28)64-44-20-8-16-40-52(44)56(54)51-39(60-40)15-7-19-43(51)63-47)36(32)26-35(31)57(33)27-21-45-53-46(22-27)62-42-18-6-14-38-50(42)55(53)49-37(59-38)13-5-17-41(49)61-45/h1-26H. The molecule has 6 aliphatic heterocycles. The second-order valence-electron chi connectivity index (χ2n) is 17.5. The van der Waals surface area contributed by atoms with Crippen molar-refractivity contribution >= 4 is 89.8 Å². The smallest absolute Gasteiger partial charge is 0.270 e. The van der Waals surface area contributed by atoms with Crippen LogP contribution in [0.5, 0.6) is 69.0 Å². The fraction of sp³-hybridized carbons (Fsp3) is 0. The highest BCUT2D eigenvalue weighted by Gasteiger charge is 2.48. The normalized spacial score (nSPS) is 14.3. The van der Waals surface area contributed by atoms with Gasteiger partial charge in [-0.25, -0.2) is 0 Å². The molecule has 0 saturated carbocycles. The minimum absolute atomic E-state index is 0.0616. The number of benzene rings is 9. The predicted octanol–water partition coefficient (Wildman–Crippen LogP) is 9.55. The molecule has 294 valence electrons. The number of ether oxygens (including phenoxy) is 6. The summed E-state index contributed by atoms with van der Waals surface area (Å²) in [5.74, 6) is 9.59. The van der Waals surface area contributed by atoms with Crippen molar-refractivity contribution in [2.24, 2.45) is 0 Å². The largest absolute Gasteiger partial charge is 0.458 e. The average molecular weight is 820 g/mol. The first-order valence-corrected chi connectivity index (χ1v) is 21.6. The molecule has 0 unspecified atom stereocenters. The maximum Gasteiger partial charge on any atom is 0.270 e. The summed E-state index contributed by atoms with van der Waals surface area (Å²) < 4.78 is 44.9. The lowest BCUT2D eigenvalue weighted by Crippen LogP contribution is -2.59. The number of hydrogen-bond donors (Lipinski definition) is 0. The molecule has 0 spiro atoms. The van der Waals surface area contributed by atoms with Crippen LogP contribution in [0, 0.1) is 0 Å². The first-order valence-electron chi connectivity index (χ1n) is 21.6. The number of nitrogens with zero attached hydrogens (tertiary/aromatic N) is 2. The van der Waals surface area contributed by atoms with E-state index >= 15 is 0 Å². The Morgan fingerprint density at radius 2 is 0.547 bits per heavy atom. The third-order valence-corrected chi connectivity index (χ3v) is 14.3.